The summed E-state index contributed by atoms with van der Waals surface area (Å²) in [7, 11) is 0. The predicted octanol–water partition coefficient (Wildman–Crippen LogP) is 2.29. The molecule has 0 saturated heterocycles. The number of allylic oxidation sites excluding steroid dienone is 2. The van der Waals surface area contributed by atoms with Crippen molar-refractivity contribution < 1.29 is 14.3 Å². The van der Waals surface area contributed by atoms with Crippen molar-refractivity contribution in [1.82, 2.24) is 0 Å². The number of carbonyl (C=O) groups is 2. The molecule has 0 fully saturated rings. The number of rotatable bonds is 6. The molecule has 3 nitrogen and oxygen atoms in total. The SMILES string of the molecule is C=C(S/C=C\C)C(=O)CC(=O)OCC. The monoisotopic (exact) mass is 214 g/mol. The van der Waals surface area contributed by atoms with Crippen LogP contribution in [0, 0.1) is 0 Å². The number of Topliss-reactive ketones (excluding diaryl/α,β-unsaturated/α-hetero) is 1. The first-order valence-corrected chi connectivity index (χ1v) is 5.15. The first kappa shape index (κ1) is 13.0. The molecule has 0 aromatic heterocycles. The van der Waals surface area contributed by atoms with Gasteiger partial charge in [-0.1, -0.05) is 24.4 Å². The molecule has 0 aliphatic rings. The highest BCUT2D eigenvalue weighted by atomic mass is 32.2. The highest BCUT2D eigenvalue weighted by molar-refractivity contribution is 8.06. The third-order valence-corrected chi connectivity index (χ3v) is 2.19. The van der Waals surface area contributed by atoms with Gasteiger partial charge in [0.1, 0.15) is 6.42 Å². The van der Waals surface area contributed by atoms with Crippen molar-refractivity contribution in [3.05, 3.63) is 23.0 Å². The minimum Gasteiger partial charge on any atom is -0.466 e. The van der Waals surface area contributed by atoms with Gasteiger partial charge in [0.25, 0.3) is 0 Å². The van der Waals surface area contributed by atoms with Crippen LogP contribution in [-0.2, 0) is 14.3 Å². The summed E-state index contributed by atoms with van der Waals surface area (Å²) in [5, 5.41) is 1.74. The van der Waals surface area contributed by atoms with Gasteiger partial charge in [-0.15, -0.1) is 0 Å². The molecule has 0 aromatic carbocycles. The molecule has 0 unspecified atom stereocenters. The third kappa shape index (κ3) is 5.59. The van der Waals surface area contributed by atoms with Crippen molar-refractivity contribution in [3.8, 4) is 0 Å². The Morgan fingerprint density at radius 3 is 2.64 bits per heavy atom. The van der Waals surface area contributed by atoms with Gasteiger partial charge in [0.05, 0.1) is 6.61 Å². The molecule has 0 spiro atoms. The number of carbonyl (C=O) groups excluding carboxylic acids is 2. The molecule has 0 amide bonds. The van der Waals surface area contributed by atoms with E-state index < -0.39 is 5.97 Å². The first-order valence-electron chi connectivity index (χ1n) is 4.27. The second-order valence-corrected chi connectivity index (χ2v) is 3.42. The number of ketones is 1. The van der Waals surface area contributed by atoms with E-state index in [1.165, 1.54) is 11.8 Å². The van der Waals surface area contributed by atoms with Gasteiger partial charge in [-0.2, -0.15) is 0 Å². The zero-order chi connectivity index (χ0) is 11.0. The molecule has 0 aliphatic heterocycles. The van der Waals surface area contributed by atoms with Crippen LogP contribution in [0.25, 0.3) is 0 Å². The van der Waals surface area contributed by atoms with Crippen LogP contribution in [0.2, 0.25) is 0 Å². The molecule has 0 N–H and O–H groups in total. The van der Waals surface area contributed by atoms with Crippen LogP contribution >= 0.6 is 11.8 Å². The molecule has 0 rings (SSSR count). The van der Waals surface area contributed by atoms with E-state index in [2.05, 4.69) is 11.3 Å². The lowest BCUT2D eigenvalue weighted by atomic mass is 10.3. The summed E-state index contributed by atoms with van der Waals surface area (Å²) in [5.41, 5.74) is 0. The zero-order valence-electron chi connectivity index (χ0n) is 8.41. The second-order valence-electron chi connectivity index (χ2n) is 2.42. The number of hydrogen-bond donors (Lipinski definition) is 0. The van der Waals surface area contributed by atoms with Crippen molar-refractivity contribution in [2.24, 2.45) is 0 Å². The molecule has 0 atom stereocenters. The van der Waals surface area contributed by atoms with E-state index in [0.717, 1.165) is 0 Å². The average Bonchev–Trinajstić information content (AvgIpc) is 2.14. The fourth-order valence-electron chi connectivity index (χ4n) is 0.658. The Morgan fingerprint density at radius 1 is 1.50 bits per heavy atom. The smallest absolute Gasteiger partial charge is 0.313 e. The first-order chi connectivity index (χ1) is 6.61. The van der Waals surface area contributed by atoms with Crippen LogP contribution in [-0.4, -0.2) is 18.4 Å². The highest BCUT2D eigenvalue weighted by Gasteiger charge is 2.12. The van der Waals surface area contributed by atoms with E-state index in [9.17, 15) is 9.59 Å². The van der Waals surface area contributed by atoms with Crippen LogP contribution in [0.3, 0.4) is 0 Å². The third-order valence-electron chi connectivity index (χ3n) is 1.27. The van der Waals surface area contributed by atoms with Crippen LogP contribution < -0.4 is 0 Å². The Bertz CT molecular complexity index is 256. The lowest BCUT2D eigenvalue weighted by Gasteiger charge is -2.01. The summed E-state index contributed by atoms with van der Waals surface area (Å²) < 4.78 is 4.64. The van der Waals surface area contributed by atoms with Gasteiger partial charge in [-0.05, 0) is 19.3 Å². The van der Waals surface area contributed by atoms with E-state index in [-0.39, 0.29) is 12.2 Å². The fourth-order valence-corrected chi connectivity index (χ4v) is 1.16. The van der Waals surface area contributed by atoms with Crippen molar-refractivity contribution in [2.75, 3.05) is 6.61 Å². The maximum Gasteiger partial charge on any atom is 0.313 e. The summed E-state index contributed by atoms with van der Waals surface area (Å²) >= 11 is 1.21. The lowest BCUT2D eigenvalue weighted by molar-refractivity contribution is -0.144. The van der Waals surface area contributed by atoms with Gasteiger partial charge >= 0.3 is 5.97 Å². The van der Waals surface area contributed by atoms with E-state index in [4.69, 9.17) is 0 Å². The van der Waals surface area contributed by atoms with Gasteiger partial charge in [0.15, 0.2) is 5.78 Å². The predicted molar refractivity (Wildman–Crippen MR) is 57.8 cm³/mol. The van der Waals surface area contributed by atoms with Crippen molar-refractivity contribution in [3.63, 3.8) is 0 Å². The summed E-state index contributed by atoms with van der Waals surface area (Å²) in [6, 6.07) is 0. The van der Waals surface area contributed by atoms with Gasteiger partial charge in [0, 0.05) is 4.91 Å². The van der Waals surface area contributed by atoms with E-state index in [0.29, 0.717) is 11.5 Å². The molecule has 0 radical (unpaired) electrons. The molecule has 0 aliphatic carbocycles. The van der Waals surface area contributed by atoms with Crippen molar-refractivity contribution >= 4 is 23.5 Å². The molecular weight excluding hydrogens is 200 g/mol. The molecule has 4 heteroatoms. The lowest BCUT2D eigenvalue weighted by Crippen LogP contribution is -2.11. The Labute approximate surface area is 88.2 Å². The molecule has 0 bridgehead atoms. The molecule has 0 aromatic rings. The largest absolute Gasteiger partial charge is 0.466 e. The maximum absolute atomic E-state index is 11.3. The van der Waals surface area contributed by atoms with Gasteiger partial charge in [0.2, 0.25) is 0 Å². The summed E-state index contributed by atoms with van der Waals surface area (Å²) in [6.45, 7) is 7.40. The Morgan fingerprint density at radius 2 is 2.14 bits per heavy atom. The standard InChI is InChI=1S/C10H14O3S/c1-4-6-14-8(3)9(11)7-10(12)13-5-2/h4,6H,3,5,7H2,1-2H3/b6-4-. The molecule has 14 heavy (non-hydrogen) atoms. The summed E-state index contributed by atoms with van der Waals surface area (Å²) in [6.07, 6.45) is 1.57. The molecule has 0 heterocycles. The van der Waals surface area contributed by atoms with Crippen LogP contribution in [0.5, 0.6) is 0 Å². The van der Waals surface area contributed by atoms with Gasteiger partial charge in [-0.25, -0.2) is 0 Å². The molecule has 0 saturated carbocycles. The Kier molecular flexibility index (Phi) is 6.84. The topological polar surface area (TPSA) is 43.4 Å². The van der Waals surface area contributed by atoms with E-state index in [1.54, 1.807) is 18.4 Å². The minimum atomic E-state index is -0.500. The average molecular weight is 214 g/mol. The zero-order valence-corrected chi connectivity index (χ0v) is 9.23. The van der Waals surface area contributed by atoms with Crippen LogP contribution in [0.1, 0.15) is 20.3 Å². The second kappa shape index (κ2) is 7.38. The van der Waals surface area contributed by atoms with E-state index in [1.807, 2.05) is 6.92 Å². The van der Waals surface area contributed by atoms with Crippen LogP contribution in [0.4, 0.5) is 0 Å². The summed E-state index contributed by atoms with van der Waals surface area (Å²) in [4.78, 5) is 22.6. The number of hydrogen-bond acceptors (Lipinski definition) is 4. The fraction of sp³-hybridized carbons (Fsp3) is 0.400. The quantitative estimate of drug-likeness (QED) is 0.386. The number of ether oxygens (including phenoxy) is 1. The molecule has 78 valence electrons. The van der Waals surface area contributed by atoms with Gasteiger partial charge < -0.3 is 4.74 Å². The number of thioether (sulfide) groups is 1. The van der Waals surface area contributed by atoms with Crippen LogP contribution in [0.15, 0.2) is 23.0 Å². The Hall–Kier alpha value is -1.03. The highest BCUT2D eigenvalue weighted by Crippen LogP contribution is 2.17. The van der Waals surface area contributed by atoms with Crippen molar-refractivity contribution in [1.29, 1.82) is 0 Å². The Balaban J connectivity index is 3.95. The normalized spacial score (nSPS) is 10.1. The minimum absolute atomic E-state index is 0.225. The maximum atomic E-state index is 11.3. The van der Waals surface area contributed by atoms with Gasteiger partial charge in [-0.3, -0.25) is 9.59 Å². The number of esters is 1. The van der Waals surface area contributed by atoms with Crippen molar-refractivity contribution in [2.45, 2.75) is 20.3 Å². The molecular formula is C10H14O3S. The summed E-state index contributed by atoms with van der Waals surface area (Å²) in [5.74, 6) is -0.786. The van der Waals surface area contributed by atoms with E-state index >= 15 is 0 Å².